The summed E-state index contributed by atoms with van der Waals surface area (Å²) in [6, 6.07) is 6.09. The average molecular weight is 530 g/mol. The highest BCUT2D eigenvalue weighted by molar-refractivity contribution is 5.85. The zero-order valence-electron chi connectivity index (χ0n) is 20.5. The van der Waals surface area contributed by atoms with E-state index < -0.39 is 54.6 Å². The van der Waals surface area contributed by atoms with Gasteiger partial charge in [0.05, 0.1) is 31.9 Å². The molecule has 3 aromatic rings. The van der Waals surface area contributed by atoms with Gasteiger partial charge in [0.2, 0.25) is 0 Å². The molecule has 0 bridgehead atoms. The van der Waals surface area contributed by atoms with Gasteiger partial charge in [-0.05, 0) is 37.9 Å². The molecular formula is C26H29F6N3O2. The summed E-state index contributed by atoms with van der Waals surface area (Å²) < 4.78 is 95.3. The van der Waals surface area contributed by atoms with E-state index >= 15 is 8.78 Å². The van der Waals surface area contributed by atoms with Gasteiger partial charge in [-0.25, -0.2) is 8.78 Å². The summed E-state index contributed by atoms with van der Waals surface area (Å²) in [6.45, 7) is 0.392. The first-order valence-electron chi connectivity index (χ1n) is 12.0. The van der Waals surface area contributed by atoms with Gasteiger partial charge in [-0.2, -0.15) is 13.2 Å². The first kappa shape index (κ1) is 27.1. The Morgan fingerprint density at radius 1 is 1.16 bits per heavy atom. The summed E-state index contributed by atoms with van der Waals surface area (Å²) in [6.07, 6.45) is -3.99. The molecule has 0 aliphatic carbocycles. The van der Waals surface area contributed by atoms with E-state index in [1.165, 1.54) is 0 Å². The van der Waals surface area contributed by atoms with E-state index in [1.54, 1.807) is 19.1 Å². The lowest BCUT2D eigenvalue weighted by Gasteiger charge is -2.41. The second-order valence-corrected chi connectivity index (χ2v) is 9.06. The van der Waals surface area contributed by atoms with Crippen molar-refractivity contribution in [3.05, 3.63) is 58.8 Å². The number of fused-ring (bicyclic) bond motifs is 3. The third kappa shape index (κ3) is 5.67. The van der Waals surface area contributed by atoms with Crippen LogP contribution in [0.5, 0.6) is 11.5 Å². The quantitative estimate of drug-likeness (QED) is 0.262. The number of nitrogens with one attached hydrogen (secondary N) is 2. The van der Waals surface area contributed by atoms with Crippen LogP contribution in [0.25, 0.3) is 10.9 Å². The van der Waals surface area contributed by atoms with Crippen LogP contribution in [-0.4, -0.2) is 62.1 Å². The zero-order chi connectivity index (χ0) is 26.7. The van der Waals surface area contributed by atoms with Crippen LogP contribution in [0.2, 0.25) is 0 Å². The van der Waals surface area contributed by atoms with E-state index in [4.69, 9.17) is 9.47 Å². The van der Waals surface area contributed by atoms with Crippen molar-refractivity contribution in [3.63, 3.8) is 0 Å². The van der Waals surface area contributed by atoms with Gasteiger partial charge in [-0.3, -0.25) is 9.29 Å². The number of rotatable bonds is 10. The molecule has 2 N–H and O–H groups in total. The number of methoxy groups -OCH3 is 1. The highest BCUT2D eigenvalue weighted by Crippen LogP contribution is 2.47. The number of alkyl halides is 4. The van der Waals surface area contributed by atoms with Crippen LogP contribution in [0.3, 0.4) is 0 Å². The zero-order valence-corrected chi connectivity index (χ0v) is 20.5. The van der Waals surface area contributed by atoms with Gasteiger partial charge in [-0.15, -0.1) is 0 Å². The predicted molar refractivity (Wildman–Crippen MR) is 128 cm³/mol. The molecule has 1 aliphatic rings. The second kappa shape index (κ2) is 11.2. The standard InChI is InChI=1S/C26H29F6N3O2/c1-15-12-17-16-6-3-4-7-19(16)34-23(17)24(35(15)14-26(30,31)32)21-22(29)20(13-18(28)25(21)36-2)37-11-10-33-9-5-8-27/h3-4,6-7,13,15,24,33-34H,5,8-12,14H2,1-2H3/t15-,24?/m1/s1. The van der Waals surface area contributed by atoms with Crippen LogP contribution < -0.4 is 14.8 Å². The van der Waals surface area contributed by atoms with E-state index in [-0.39, 0.29) is 18.7 Å². The topological polar surface area (TPSA) is 49.5 Å². The van der Waals surface area contributed by atoms with Crippen LogP contribution in [0.4, 0.5) is 26.3 Å². The highest BCUT2D eigenvalue weighted by atomic mass is 19.4. The van der Waals surface area contributed by atoms with Crippen LogP contribution >= 0.6 is 0 Å². The van der Waals surface area contributed by atoms with Gasteiger partial charge in [0.25, 0.3) is 0 Å². The second-order valence-electron chi connectivity index (χ2n) is 9.06. The van der Waals surface area contributed by atoms with E-state index in [1.807, 2.05) is 12.1 Å². The van der Waals surface area contributed by atoms with Crippen LogP contribution in [0, 0.1) is 11.6 Å². The van der Waals surface area contributed by atoms with Gasteiger partial charge in [0, 0.05) is 35.2 Å². The Labute approximate surface area is 210 Å². The maximum atomic E-state index is 16.0. The summed E-state index contributed by atoms with van der Waals surface area (Å²) in [4.78, 5) is 4.27. The molecule has 4 rings (SSSR count). The number of nitrogens with zero attached hydrogens (tertiary/aromatic N) is 1. The molecule has 0 radical (unpaired) electrons. The fraction of sp³-hybridized carbons (Fsp3) is 0.462. The third-order valence-corrected chi connectivity index (χ3v) is 6.55. The molecule has 2 heterocycles. The number of para-hydroxylation sites is 1. The van der Waals surface area contributed by atoms with Gasteiger partial charge in [0.15, 0.2) is 23.1 Å². The molecule has 0 saturated carbocycles. The molecule has 2 atom stereocenters. The fourth-order valence-electron chi connectivity index (χ4n) is 4.98. The normalized spacial score (nSPS) is 18.3. The van der Waals surface area contributed by atoms with Crippen molar-refractivity contribution in [2.24, 2.45) is 0 Å². The smallest absolute Gasteiger partial charge is 0.401 e. The molecule has 0 fully saturated rings. The number of H-pyrrole nitrogens is 1. The number of hydrogen-bond donors (Lipinski definition) is 2. The number of benzene rings is 2. The average Bonchev–Trinajstić information content (AvgIpc) is 3.21. The van der Waals surface area contributed by atoms with E-state index in [9.17, 15) is 17.6 Å². The van der Waals surface area contributed by atoms with E-state index in [0.29, 0.717) is 30.6 Å². The Kier molecular flexibility index (Phi) is 8.23. The van der Waals surface area contributed by atoms with Crippen molar-refractivity contribution < 1.29 is 35.8 Å². The SMILES string of the molecule is COc1c(F)cc(OCCNCCCF)c(F)c1C1c2[nH]c3ccccc3c2C[C@@H](C)N1CC(F)(F)F. The van der Waals surface area contributed by atoms with Crippen molar-refractivity contribution in [2.45, 2.75) is 38.0 Å². The van der Waals surface area contributed by atoms with Crippen molar-refractivity contribution in [1.29, 1.82) is 0 Å². The molecule has 0 spiro atoms. The van der Waals surface area contributed by atoms with Crippen molar-refractivity contribution in [3.8, 4) is 11.5 Å². The first-order valence-corrected chi connectivity index (χ1v) is 12.0. The number of ether oxygens (including phenoxy) is 2. The molecule has 37 heavy (non-hydrogen) atoms. The van der Waals surface area contributed by atoms with Crippen LogP contribution in [0.15, 0.2) is 30.3 Å². The minimum absolute atomic E-state index is 0.0562. The van der Waals surface area contributed by atoms with Crippen LogP contribution in [0.1, 0.15) is 36.2 Å². The Morgan fingerprint density at radius 3 is 2.62 bits per heavy atom. The Hall–Kier alpha value is -2.92. The first-order chi connectivity index (χ1) is 17.7. The van der Waals surface area contributed by atoms with Crippen molar-refractivity contribution in [2.75, 3.05) is 40.0 Å². The lowest BCUT2D eigenvalue weighted by atomic mass is 9.87. The minimum atomic E-state index is -4.59. The largest absolute Gasteiger partial charge is 0.493 e. The Balaban J connectivity index is 1.83. The molecule has 202 valence electrons. The number of halogens is 6. The molecule has 2 aromatic carbocycles. The molecule has 0 saturated heterocycles. The van der Waals surface area contributed by atoms with E-state index in [0.717, 1.165) is 29.0 Å². The van der Waals surface area contributed by atoms with Gasteiger partial charge in [0.1, 0.15) is 6.61 Å². The summed E-state index contributed by atoms with van der Waals surface area (Å²) in [5, 5.41) is 3.73. The lowest BCUT2D eigenvalue weighted by molar-refractivity contribution is -0.155. The van der Waals surface area contributed by atoms with Gasteiger partial charge < -0.3 is 19.8 Å². The molecule has 1 aliphatic heterocycles. The number of aromatic nitrogens is 1. The maximum absolute atomic E-state index is 16.0. The molecular weight excluding hydrogens is 500 g/mol. The Morgan fingerprint density at radius 2 is 1.92 bits per heavy atom. The third-order valence-electron chi connectivity index (χ3n) is 6.55. The Bertz CT molecular complexity index is 1230. The van der Waals surface area contributed by atoms with Crippen LogP contribution in [-0.2, 0) is 6.42 Å². The fourth-order valence-corrected chi connectivity index (χ4v) is 4.98. The molecule has 5 nitrogen and oxygen atoms in total. The number of hydrogen-bond acceptors (Lipinski definition) is 4. The highest BCUT2D eigenvalue weighted by Gasteiger charge is 2.44. The monoisotopic (exact) mass is 529 g/mol. The van der Waals surface area contributed by atoms with Crippen molar-refractivity contribution >= 4 is 10.9 Å². The molecule has 1 aromatic heterocycles. The summed E-state index contributed by atoms with van der Waals surface area (Å²) in [7, 11) is 1.14. The van der Waals surface area contributed by atoms with Gasteiger partial charge >= 0.3 is 6.18 Å². The molecule has 1 unspecified atom stereocenters. The lowest BCUT2D eigenvalue weighted by Crippen LogP contribution is -2.47. The molecule has 0 amide bonds. The van der Waals surface area contributed by atoms with Gasteiger partial charge in [-0.1, -0.05) is 18.2 Å². The van der Waals surface area contributed by atoms with Crippen molar-refractivity contribution in [1.82, 2.24) is 15.2 Å². The molecule has 11 heteroatoms. The maximum Gasteiger partial charge on any atom is 0.401 e. The summed E-state index contributed by atoms with van der Waals surface area (Å²) in [5.74, 6) is -2.88. The summed E-state index contributed by atoms with van der Waals surface area (Å²) >= 11 is 0. The number of aromatic amines is 1. The summed E-state index contributed by atoms with van der Waals surface area (Å²) in [5.41, 5.74) is 1.42. The minimum Gasteiger partial charge on any atom is -0.493 e. The van der Waals surface area contributed by atoms with E-state index in [2.05, 4.69) is 10.3 Å². The predicted octanol–water partition coefficient (Wildman–Crippen LogP) is 5.68.